The van der Waals surface area contributed by atoms with E-state index in [0.29, 0.717) is 22.9 Å². The predicted molar refractivity (Wildman–Crippen MR) is 84.1 cm³/mol. The number of carbonyl (C=O) groups is 2. The Morgan fingerprint density at radius 1 is 1.27 bits per heavy atom. The van der Waals surface area contributed by atoms with Gasteiger partial charge in [0.15, 0.2) is 0 Å². The largest absolute Gasteiger partial charge is 0.480 e. The van der Waals surface area contributed by atoms with Gasteiger partial charge in [-0.05, 0) is 49.8 Å². The van der Waals surface area contributed by atoms with E-state index in [2.05, 4.69) is 0 Å². The predicted octanol–water partition coefficient (Wildman–Crippen LogP) is 3.51. The van der Waals surface area contributed by atoms with E-state index >= 15 is 0 Å². The van der Waals surface area contributed by atoms with Crippen molar-refractivity contribution in [3.05, 3.63) is 34.3 Å². The van der Waals surface area contributed by atoms with E-state index < -0.39 is 12.0 Å². The number of fused-ring (bicyclic) bond motifs is 1. The molecule has 1 aliphatic carbocycles. The summed E-state index contributed by atoms with van der Waals surface area (Å²) in [4.78, 5) is 26.2. The van der Waals surface area contributed by atoms with Crippen LogP contribution in [0.15, 0.2) is 18.2 Å². The normalized spacial score (nSPS) is 27.5. The molecule has 3 rings (SSSR count). The molecule has 0 radical (unpaired) electrons. The van der Waals surface area contributed by atoms with Gasteiger partial charge in [-0.3, -0.25) is 4.79 Å². The van der Waals surface area contributed by atoms with Gasteiger partial charge in [0.25, 0.3) is 5.91 Å². The second kappa shape index (κ2) is 5.92. The third kappa shape index (κ3) is 2.60. The fraction of sp³-hybridized carbons (Fsp3) is 0.529. The summed E-state index contributed by atoms with van der Waals surface area (Å²) in [5.41, 5.74) is 1.35. The topological polar surface area (TPSA) is 57.6 Å². The van der Waals surface area contributed by atoms with Crippen molar-refractivity contribution in [1.29, 1.82) is 0 Å². The average molecular weight is 322 g/mol. The van der Waals surface area contributed by atoms with Crippen LogP contribution in [0.5, 0.6) is 0 Å². The van der Waals surface area contributed by atoms with Crippen molar-refractivity contribution in [2.45, 2.75) is 51.1 Å². The maximum Gasteiger partial charge on any atom is 0.326 e. The summed E-state index contributed by atoms with van der Waals surface area (Å²) in [6.07, 6.45) is 4.69. The molecule has 3 unspecified atom stereocenters. The fourth-order valence-electron chi connectivity index (χ4n) is 3.94. The Balaban J connectivity index is 1.97. The van der Waals surface area contributed by atoms with Crippen molar-refractivity contribution in [3.8, 4) is 0 Å². The summed E-state index contributed by atoms with van der Waals surface area (Å²) < 4.78 is 0. The Kier molecular flexibility index (Phi) is 4.13. The molecule has 1 aromatic rings. The Morgan fingerprint density at radius 2 is 2.00 bits per heavy atom. The first-order valence-electron chi connectivity index (χ1n) is 7.80. The highest BCUT2D eigenvalue weighted by atomic mass is 35.5. The average Bonchev–Trinajstić information content (AvgIpc) is 2.88. The van der Waals surface area contributed by atoms with Gasteiger partial charge >= 0.3 is 5.97 Å². The number of hydrogen-bond acceptors (Lipinski definition) is 2. The highest BCUT2D eigenvalue weighted by Gasteiger charge is 2.47. The zero-order valence-electron chi connectivity index (χ0n) is 12.6. The number of carbonyl (C=O) groups excluding carboxylic acids is 1. The van der Waals surface area contributed by atoms with Gasteiger partial charge in [0, 0.05) is 16.6 Å². The van der Waals surface area contributed by atoms with Gasteiger partial charge in [-0.25, -0.2) is 4.79 Å². The van der Waals surface area contributed by atoms with E-state index in [1.165, 1.54) is 0 Å². The van der Waals surface area contributed by atoms with Gasteiger partial charge in [0.2, 0.25) is 0 Å². The van der Waals surface area contributed by atoms with Gasteiger partial charge < -0.3 is 10.0 Å². The molecule has 1 N–H and O–H groups in total. The molecule has 1 aliphatic heterocycles. The molecule has 118 valence electrons. The molecular formula is C17H20ClNO3. The molecule has 1 amide bonds. The van der Waals surface area contributed by atoms with Crippen LogP contribution in [-0.2, 0) is 4.79 Å². The Hall–Kier alpha value is -1.55. The molecule has 1 saturated heterocycles. The van der Waals surface area contributed by atoms with E-state index in [9.17, 15) is 14.7 Å². The lowest BCUT2D eigenvalue weighted by Gasteiger charge is -2.33. The minimum Gasteiger partial charge on any atom is -0.480 e. The SMILES string of the molecule is Cc1ccc(Cl)cc1C(=O)N1C(C(=O)O)CC2CCCCC21. The summed E-state index contributed by atoms with van der Waals surface area (Å²) in [6, 6.07) is 4.55. The van der Waals surface area contributed by atoms with Crippen LogP contribution in [0.4, 0.5) is 0 Å². The van der Waals surface area contributed by atoms with Crippen LogP contribution >= 0.6 is 11.6 Å². The molecule has 2 fully saturated rings. The van der Waals surface area contributed by atoms with Gasteiger partial charge in [-0.2, -0.15) is 0 Å². The molecule has 0 spiro atoms. The molecule has 1 aromatic carbocycles. The van der Waals surface area contributed by atoms with Crippen LogP contribution in [0.2, 0.25) is 5.02 Å². The van der Waals surface area contributed by atoms with Crippen LogP contribution in [0, 0.1) is 12.8 Å². The van der Waals surface area contributed by atoms with Gasteiger partial charge in [0.05, 0.1) is 0 Å². The van der Waals surface area contributed by atoms with Crippen molar-refractivity contribution in [2.75, 3.05) is 0 Å². The first kappa shape index (κ1) is 15.3. The highest BCUT2D eigenvalue weighted by molar-refractivity contribution is 6.31. The first-order chi connectivity index (χ1) is 10.5. The van der Waals surface area contributed by atoms with Gasteiger partial charge in [0.1, 0.15) is 6.04 Å². The highest BCUT2D eigenvalue weighted by Crippen LogP contribution is 2.40. The number of hydrogen-bond donors (Lipinski definition) is 1. The van der Waals surface area contributed by atoms with Crippen molar-refractivity contribution < 1.29 is 14.7 Å². The molecule has 0 aromatic heterocycles. The molecular weight excluding hydrogens is 302 g/mol. The molecule has 4 nitrogen and oxygen atoms in total. The van der Waals surface area contributed by atoms with Crippen LogP contribution in [0.3, 0.4) is 0 Å². The monoisotopic (exact) mass is 321 g/mol. The first-order valence-corrected chi connectivity index (χ1v) is 8.18. The summed E-state index contributed by atoms with van der Waals surface area (Å²) in [6.45, 7) is 1.85. The van der Waals surface area contributed by atoms with E-state index in [0.717, 1.165) is 31.2 Å². The third-order valence-corrected chi connectivity index (χ3v) is 5.27. The Morgan fingerprint density at radius 3 is 2.73 bits per heavy atom. The minimum absolute atomic E-state index is 0.0562. The fourth-order valence-corrected chi connectivity index (χ4v) is 4.11. The van der Waals surface area contributed by atoms with E-state index in [1.54, 1.807) is 23.1 Å². The lowest BCUT2D eigenvalue weighted by atomic mass is 9.84. The van der Waals surface area contributed by atoms with Crippen molar-refractivity contribution in [2.24, 2.45) is 5.92 Å². The summed E-state index contributed by atoms with van der Waals surface area (Å²) in [5.74, 6) is -0.775. The molecule has 0 bridgehead atoms. The zero-order valence-corrected chi connectivity index (χ0v) is 13.3. The summed E-state index contributed by atoms with van der Waals surface area (Å²) in [7, 11) is 0. The van der Waals surface area contributed by atoms with Gasteiger partial charge in [-0.1, -0.05) is 30.5 Å². The third-order valence-electron chi connectivity index (χ3n) is 5.04. The van der Waals surface area contributed by atoms with Gasteiger partial charge in [-0.15, -0.1) is 0 Å². The molecule has 22 heavy (non-hydrogen) atoms. The number of carboxylic acid groups (broad SMARTS) is 1. The lowest BCUT2D eigenvalue weighted by Crippen LogP contribution is -2.46. The lowest BCUT2D eigenvalue weighted by molar-refractivity contribution is -0.141. The molecule has 3 atom stereocenters. The van der Waals surface area contributed by atoms with Crippen LogP contribution in [0.1, 0.15) is 48.0 Å². The number of halogens is 1. The number of carboxylic acids is 1. The number of rotatable bonds is 2. The maximum absolute atomic E-state index is 13.0. The minimum atomic E-state index is -0.901. The molecule has 5 heteroatoms. The quantitative estimate of drug-likeness (QED) is 0.907. The number of amides is 1. The number of likely N-dealkylation sites (tertiary alicyclic amines) is 1. The van der Waals surface area contributed by atoms with Crippen LogP contribution in [0.25, 0.3) is 0 Å². The maximum atomic E-state index is 13.0. The summed E-state index contributed by atoms with van der Waals surface area (Å²) >= 11 is 6.02. The molecule has 1 saturated carbocycles. The van der Waals surface area contributed by atoms with E-state index in [-0.39, 0.29) is 11.9 Å². The number of nitrogens with zero attached hydrogens (tertiary/aromatic N) is 1. The van der Waals surface area contributed by atoms with Crippen LogP contribution < -0.4 is 0 Å². The van der Waals surface area contributed by atoms with Crippen LogP contribution in [-0.4, -0.2) is 34.0 Å². The molecule has 2 aliphatic rings. The van der Waals surface area contributed by atoms with Crippen molar-refractivity contribution in [1.82, 2.24) is 4.90 Å². The van der Waals surface area contributed by atoms with E-state index in [1.807, 2.05) is 6.92 Å². The number of benzene rings is 1. The molecule has 1 heterocycles. The Bertz CT molecular complexity index is 616. The standard InChI is InChI=1S/C17H20ClNO3/c1-10-6-7-12(18)9-13(10)16(20)19-14-5-3-2-4-11(14)8-15(19)17(21)22/h6-7,9,11,14-15H,2-5,8H2,1H3,(H,21,22). The number of aliphatic carboxylic acids is 1. The second-order valence-electron chi connectivity index (χ2n) is 6.37. The zero-order chi connectivity index (χ0) is 15.9. The smallest absolute Gasteiger partial charge is 0.326 e. The second-order valence-corrected chi connectivity index (χ2v) is 6.81. The Labute approximate surface area is 135 Å². The van der Waals surface area contributed by atoms with Crippen molar-refractivity contribution in [3.63, 3.8) is 0 Å². The number of aryl methyl sites for hydroxylation is 1. The van der Waals surface area contributed by atoms with E-state index in [4.69, 9.17) is 11.6 Å². The summed E-state index contributed by atoms with van der Waals surface area (Å²) in [5, 5.41) is 10.0. The van der Waals surface area contributed by atoms with Crippen molar-refractivity contribution >= 4 is 23.5 Å².